The zero-order valence-corrected chi connectivity index (χ0v) is 20.1. The van der Waals surface area contributed by atoms with Crippen molar-refractivity contribution < 1.29 is 14.6 Å². The van der Waals surface area contributed by atoms with Gasteiger partial charge in [-0.1, -0.05) is 0 Å². The first-order chi connectivity index (χ1) is 16.5. The van der Waals surface area contributed by atoms with Gasteiger partial charge in [0.2, 0.25) is 0 Å². The molecule has 6 heteroatoms. The lowest BCUT2D eigenvalue weighted by Crippen LogP contribution is -2.36. The number of hydrogen-bond acceptors (Lipinski definition) is 5. The van der Waals surface area contributed by atoms with E-state index in [0.717, 1.165) is 86.7 Å². The summed E-state index contributed by atoms with van der Waals surface area (Å²) in [7, 11) is 0. The summed E-state index contributed by atoms with van der Waals surface area (Å²) < 4.78 is 7.70. The van der Waals surface area contributed by atoms with Gasteiger partial charge in [0.15, 0.2) is 5.78 Å². The Morgan fingerprint density at radius 2 is 1.94 bits per heavy atom. The highest BCUT2D eigenvalue weighted by atomic mass is 16.5. The third-order valence-electron chi connectivity index (χ3n) is 8.24. The molecule has 1 N–H and O–H groups in total. The van der Waals surface area contributed by atoms with Gasteiger partial charge in [0.05, 0.1) is 24.3 Å². The number of aromatic nitrogens is 1. The molecule has 2 unspecified atom stereocenters. The maximum Gasteiger partial charge on any atom is 0.178 e. The third-order valence-corrected chi connectivity index (χ3v) is 8.24. The van der Waals surface area contributed by atoms with Gasteiger partial charge in [-0.3, -0.25) is 9.69 Å². The fourth-order valence-corrected chi connectivity index (χ4v) is 6.35. The second-order valence-corrected chi connectivity index (χ2v) is 10.3. The molecule has 6 nitrogen and oxygen atoms in total. The molecule has 0 amide bonds. The van der Waals surface area contributed by atoms with E-state index in [-0.39, 0.29) is 17.9 Å². The molecule has 1 aromatic heterocycles. The van der Waals surface area contributed by atoms with Crippen LogP contribution < -0.4 is 0 Å². The van der Waals surface area contributed by atoms with E-state index in [0.29, 0.717) is 18.2 Å². The number of nitrogens with zero attached hydrogens (tertiary/aromatic N) is 3. The average molecular weight is 462 g/mol. The van der Waals surface area contributed by atoms with E-state index >= 15 is 0 Å². The normalized spacial score (nSPS) is 25.0. The van der Waals surface area contributed by atoms with Crippen molar-refractivity contribution in [3.63, 3.8) is 0 Å². The Hall–Kier alpha value is -2.46. The Morgan fingerprint density at radius 1 is 1.18 bits per heavy atom. The number of aryl methyl sites for hydroxylation is 1. The standard InChI is InChI=1S/C28H35N3O3/c1-19-25(28(33)18-30-23-9-10-26(30)27(32)16-23)15-24(4-2-3-20-11-13-34-14-12-20)31(19)22-7-5-21(17-29)6-8-22/h5-8,15,20,23,26-27,32H,2-4,9-14,16,18H2,1H3/t23?,26?,27-/m1/s1. The number of aliphatic hydroxyl groups is 1. The van der Waals surface area contributed by atoms with Crippen LogP contribution in [0.4, 0.5) is 0 Å². The molecule has 0 spiro atoms. The fourth-order valence-electron chi connectivity index (χ4n) is 6.35. The molecule has 1 aromatic carbocycles. The van der Waals surface area contributed by atoms with Crippen LogP contribution in [0, 0.1) is 24.2 Å². The molecule has 0 aliphatic carbocycles. The lowest BCUT2D eigenvalue weighted by molar-refractivity contribution is 0.0633. The van der Waals surface area contributed by atoms with E-state index in [9.17, 15) is 15.2 Å². The highest BCUT2D eigenvalue weighted by Crippen LogP contribution is 2.38. The number of hydrogen-bond donors (Lipinski definition) is 1. The largest absolute Gasteiger partial charge is 0.391 e. The van der Waals surface area contributed by atoms with Crippen LogP contribution in [0.1, 0.15) is 72.3 Å². The molecular weight excluding hydrogens is 426 g/mol. The van der Waals surface area contributed by atoms with E-state index in [1.54, 1.807) is 0 Å². The van der Waals surface area contributed by atoms with Crippen LogP contribution in [-0.4, -0.2) is 58.3 Å². The summed E-state index contributed by atoms with van der Waals surface area (Å²) in [6.07, 6.45) is 8.03. The summed E-state index contributed by atoms with van der Waals surface area (Å²) in [5.41, 5.74) is 4.53. The monoisotopic (exact) mass is 461 g/mol. The molecule has 0 radical (unpaired) electrons. The maximum atomic E-state index is 13.5. The van der Waals surface area contributed by atoms with Crippen molar-refractivity contribution in [1.82, 2.24) is 9.47 Å². The van der Waals surface area contributed by atoms with Gasteiger partial charge in [-0.2, -0.15) is 5.26 Å². The van der Waals surface area contributed by atoms with Crippen molar-refractivity contribution in [3.05, 3.63) is 52.8 Å². The van der Waals surface area contributed by atoms with Gasteiger partial charge < -0.3 is 14.4 Å². The molecule has 2 aromatic rings. The molecule has 3 aliphatic heterocycles. The van der Waals surface area contributed by atoms with Crippen molar-refractivity contribution in [2.24, 2.45) is 5.92 Å². The molecule has 4 heterocycles. The topological polar surface area (TPSA) is 78.5 Å². The quantitative estimate of drug-likeness (QED) is 0.597. The summed E-state index contributed by atoms with van der Waals surface area (Å²) in [4.78, 5) is 15.7. The number of carbonyl (C=O) groups is 1. The molecule has 5 rings (SSSR count). The molecule has 34 heavy (non-hydrogen) atoms. The van der Waals surface area contributed by atoms with E-state index < -0.39 is 0 Å². The van der Waals surface area contributed by atoms with Gasteiger partial charge >= 0.3 is 0 Å². The fraction of sp³-hybridized carbons (Fsp3) is 0.571. The summed E-state index contributed by atoms with van der Waals surface area (Å²) in [5, 5.41) is 19.5. The lowest BCUT2D eigenvalue weighted by Gasteiger charge is -2.22. The second-order valence-electron chi connectivity index (χ2n) is 10.3. The zero-order chi connectivity index (χ0) is 23.7. The van der Waals surface area contributed by atoms with Gasteiger partial charge in [-0.25, -0.2) is 0 Å². The smallest absolute Gasteiger partial charge is 0.178 e. The predicted molar refractivity (Wildman–Crippen MR) is 130 cm³/mol. The van der Waals surface area contributed by atoms with Crippen LogP contribution in [0.15, 0.2) is 30.3 Å². The molecular formula is C28H35N3O3. The van der Waals surface area contributed by atoms with Crippen molar-refractivity contribution in [2.75, 3.05) is 19.8 Å². The number of aliphatic hydroxyl groups excluding tert-OH is 1. The minimum absolute atomic E-state index is 0.133. The first kappa shape index (κ1) is 23.3. The van der Waals surface area contributed by atoms with E-state index in [4.69, 9.17) is 4.74 Å². The summed E-state index contributed by atoms with van der Waals surface area (Å²) in [6, 6.07) is 12.4. The molecule has 2 bridgehead atoms. The minimum atomic E-state index is -0.295. The number of nitriles is 1. The van der Waals surface area contributed by atoms with Crippen molar-refractivity contribution in [2.45, 2.75) is 76.5 Å². The molecule has 0 saturated carbocycles. The van der Waals surface area contributed by atoms with E-state index in [1.165, 1.54) is 6.42 Å². The highest BCUT2D eigenvalue weighted by molar-refractivity contribution is 5.99. The number of carbonyl (C=O) groups excluding carboxylic acids is 1. The number of ether oxygens (including phenoxy) is 1. The molecule has 3 atom stereocenters. The second kappa shape index (κ2) is 10.0. The van der Waals surface area contributed by atoms with E-state index in [1.807, 2.05) is 31.2 Å². The van der Waals surface area contributed by atoms with Crippen LogP contribution in [0.3, 0.4) is 0 Å². The minimum Gasteiger partial charge on any atom is -0.391 e. The first-order valence-electron chi connectivity index (χ1n) is 12.8. The molecule has 3 aliphatic rings. The Balaban J connectivity index is 1.37. The van der Waals surface area contributed by atoms with Crippen LogP contribution in [0.5, 0.6) is 0 Å². The van der Waals surface area contributed by atoms with Crippen LogP contribution in [-0.2, 0) is 11.2 Å². The number of fused-ring (bicyclic) bond motifs is 2. The Bertz CT molecular complexity index is 1060. The molecule has 3 saturated heterocycles. The summed E-state index contributed by atoms with van der Waals surface area (Å²) in [6.45, 7) is 4.15. The first-order valence-corrected chi connectivity index (χ1v) is 12.8. The van der Waals surface area contributed by atoms with Crippen molar-refractivity contribution in [1.29, 1.82) is 5.26 Å². The summed E-state index contributed by atoms with van der Waals surface area (Å²) in [5.74, 6) is 0.868. The zero-order valence-electron chi connectivity index (χ0n) is 20.1. The van der Waals surface area contributed by atoms with Gasteiger partial charge in [-0.15, -0.1) is 0 Å². The van der Waals surface area contributed by atoms with Gasteiger partial charge in [0, 0.05) is 47.9 Å². The Kier molecular flexibility index (Phi) is 6.87. The Morgan fingerprint density at radius 3 is 2.59 bits per heavy atom. The summed E-state index contributed by atoms with van der Waals surface area (Å²) >= 11 is 0. The predicted octanol–water partition coefficient (Wildman–Crippen LogP) is 4.19. The van der Waals surface area contributed by atoms with Gasteiger partial charge in [0.25, 0.3) is 0 Å². The van der Waals surface area contributed by atoms with Crippen LogP contribution in [0.2, 0.25) is 0 Å². The molecule has 180 valence electrons. The van der Waals surface area contributed by atoms with E-state index in [2.05, 4.69) is 21.6 Å². The lowest BCUT2D eigenvalue weighted by atomic mass is 9.94. The average Bonchev–Trinajstić information content (AvgIpc) is 3.49. The third kappa shape index (κ3) is 4.57. The van der Waals surface area contributed by atoms with Crippen LogP contribution >= 0.6 is 0 Å². The number of Topliss-reactive ketones (excluding diaryl/α,β-unsaturated/α-hetero) is 1. The number of benzene rings is 1. The van der Waals surface area contributed by atoms with Crippen LogP contribution in [0.25, 0.3) is 5.69 Å². The van der Waals surface area contributed by atoms with Crippen molar-refractivity contribution in [3.8, 4) is 11.8 Å². The molecule has 3 fully saturated rings. The maximum absolute atomic E-state index is 13.5. The Labute approximate surface area is 202 Å². The van der Waals surface area contributed by atoms with Gasteiger partial charge in [-0.05, 0) is 94.5 Å². The van der Waals surface area contributed by atoms with Gasteiger partial charge in [0.1, 0.15) is 0 Å². The van der Waals surface area contributed by atoms with Crippen molar-refractivity contribution >= 4 is 5.78 Å². The number of ketones is 1. The SMILES string of the molecule is Cc1c(C(=O)CN2C3CCC2[C@H](O)C3)cc(CCCC2CCOCC2)n1-c1ccc(C#N)cc1. The highest BCUT2D eigenvalue weighted by Gasteiger charge is 2.46. The number of rotatable bonds is 8.